The number of carbonyl (C=O) groups excluding carboxylic acids is 1. The normalized spacial score (nSPS) is 24.7. The fourth-order valence-corrected chi connectivity index (χ4v) is 2.16. The van der Waals surface area contributed by atoms with E-state index in [0.29, 0.717) is 18.7 Å². The van der Waals surface area contributed by atoms with E-state index in [-0.39, 0.29) is 11.7 Å². The topological polar surface area (TPSA) is 79.5 Å². The molecule has 0 bridgehead atoms. The van der Waals surface area contributed by atoms with Gasteiger partial charge in [0.1, 0.15) is 5.82 Å². The first-order chi connectivity index (χ1) is 7.99. The summed E-state index contributed by atoms with van der Waals surface area (Å²) in [6.45, 7) is 2.75. The summed E-state index contributed by atoms with van der Waals surface area (Å²) < 4.78 is 0. The number of hydrogen-bond acceptors (Lipinski definition) is 4. The van der Waals surface area contributed by atoms with E-state index < -0.39 is 5.60 Å². The Morgan fingerprint density at radius 1 is 1.65 bits per heavy atom. The van der Waals surface area contributed by atoms with Gasteiger partial charge in [-0.3, -0.25) is 4.79 Å². The Kier molecular flexibility index (Phi) is 3.02. The minimum atomic E-state index is -0.801. The number of anilines is 1. The van der Waals surface area contributed by atoms with Crippen molar-refractivity contribution < 1.29 is 9.90 Å². The molecular formula is C12H17N3O2. The van der Waals surface area contributed by atoms with Crippen LogP contribution in [-0.2, 0) is 0 Å². The van der Waals surface area contributed by atoms with Crippen molar-refractivity contribution in [2.45, 2.75) is 25.4 Å². The number of β-amino-alcohol motifs (C(OH)–C–C–N with tert-alkyl or cyclic N) is 1. The van der Waals surface area contributed by atoms with Crippen LogP contribution in [0.15, 0.2) is 18.3 Å². The van der Waals surface area contributed by atoms with Gasteiger partial charge in [-0.2, -0.15) is 0 Å². The molecule has 92 valence electrons. The highest BCUT2D eigenvalue weighted by Gasteiger charge is 2.31. The zero-order valence-electron chi connectivity index (χ0n) is 9.89. The van der Waals surface area contributed by atoms with Gasteiger partial charge in [0, 0.05) is 19.3 Å². The number of nitrogens with two attached hydrogens (primary N) is 1. The number of pyridine rings is 1. The first-order valence-corrected chi connectivity index (χ1v) is 5.72. The molecule has 5 heteroatoms. The summed E-state index contributed by atoms with van der Waals surface area (Å²) in [6, 6.07) is 3.35. The molecule has 0 aromatic carbocycles. The second kappa shape index (κ2) is 4.33. The lowest BCUT2D eigenvalue weighted by atomic mass is 9.95. The number of likely N-dealkylation sites (tertiary alicyclic amines) is 1. The number of amides is 1. The van der Waals surface area contributed by atoms with Crippen LogP contribution in [0.3, 0.4) is 0 Å². The molecule has 1 fully saturated rings. The summed E-state index contributed by atoms with van der Waals surface area (Å²) in [5.41, 5.74) is 5.28. The molecule has 1 amide bonds. The Morgan fingerprint density at radius 2 is 2.41 bits per heavy atom. The summed E-state index contributed by atoms with van der Waals surface area (Å²) in [4.78, 5) is 17.7. The number of nitrogens with zero attached hydrogens (tertiary/aromatic N) is 2. The Hall–Kier alpha value is -1.62. The summed E-state index contributed by atoms with van der Waals surface area (Å²) in [7, 11) is 0. The van der Waals surface area contributed by atoms with Crippen LogP contribution in [-0.4, -0.2) is 39.6 Å². The van der Waals surface area contributed by atoms with Crippen LogP contribution < -0.4 is 5.73 Å². The zero-order valence-corrected chi connectivity index (χ0v) is 9.89. The van der Waals surface area contributed by atoms with Gasteiger partial charge in [-0.1, -0.05) is 0 Å². The number of carbonyl (C=O) groups is 1. The molecule has 3 N–H and O–H groups in total. The summed E-state index contributed by atoms with van der Waals surface area (Å²) >= 11 is 0. The molecule has 1 atom stereocenters. The third kappa shape index (κ3) is 2.55. The minimum Gasteiger partial charge on any atom is -0.388 e. The third-order valence-corrected chi connectivity index (χ3v) is 3.03. The van der Waals surface area contributed by atoms with Crippen LogP contribution >= 0.6 is 0 Å². The lowest BCUT2D eigenvalue weighted by Gasteiger charge is -2.36. The van der Waals surface area contributed by atoms with E-state index in [1.54, 1.807) is 30.2 Å². The molecule has 17 heavy (non-hydrogen) atoms. The van der Waals surface area contributed by atoms with Gasteiger partial charge in [0.05, 0.1) is 11.2 Å². The maximum absolute atomic E-state index is 12.2. The maximum atomic E-state index is 12.2. The molecule has 1 saturated heterocycles. The van der Waals surface area contributed by atoms with E-state index in [2.05, 4.69) is 4.98 Å². The van der Waals surface area contributed by atoms with Gasteiger partial charge in [-0.15, -0.1) is 0 Å². The van der Waals surface area contributed by atoms with E-state index in [1.807, 2.05) is 0 Å². The Bertz CT molecular complexity index is 432. The number of aliphatic hydroxyl groups is 1. The SMILES string of the molecule is CC1(O)CCCN(C(=O)c2cccnc2N)C1. The van der Waals surface area contributed by atoms with E-state index in [9.17, 15) is 9.90 Å². The highest BCUT2D eigenvalue weighted by atomic mass is 16.3. The monoisotopic (exact) mass is 235 g/mol. The molecule has 1 aromatic rings. The van der Waals surface area contributed by atoms with Crippen molar-refractivity contribution in [1.82, 2.24) is 9.88 Å². The quantitative estimate of drug-likeness (QED) is 0.749. The van der Waals surface area contributed by atoms with Crippen molar-refractivity contribution in [3.63, 3.8) is 0 Å². The van der Waals surface area contributed by atoms with Gasteiger partial charge in [0.2, 0.25) is 0 Å². The van der Waals surface area contributed by atoms with Crippen molar-refractivity contribution in [2.75, 3.05) is 18.8 Å². The molecule has 1 aliphatic rings. The first kappa shape index (κ1) is 11.9. The summed E-state index contributed by atoms with van der Waals surface area (Å²) in [6.07, 6.45) is 3.08. The van der Waals surface area contributed by atoms with E-state index >= 15 is 0 Å². The van der Waals surface area contributed by atoms with Gasteiger partial charge in [0.15, 0.2) is 0 Å². The number of hydrogen-bond donors (Lipinski definition) is 2. The Labute approximate surface area is 100 Å². The number of piperidine rings is 1. The van der Waals surface area contributed by atoms with Crippen LogP contribution in [0, 0.1) is 0 Å². The van der Waals surface area contributed by atoms with Crippen molar-refractivity contribution in [3.05, 3.63) is 23.9 Å². The van der Waals surface area contributed by atoms with Crippen molar-refractivity contribution in [1.29, 1.82) is 0 Å². The number of rotatable bonds is 1. The number of aromatic nitrogens is 1. The summed E-state index contributed by atoms with van der Waals surface area (Å²) in [5.74, 6) is 0.0818. The maximum Gasteiger partial charge on any atom is 0.257 e. The van der Waals surface area contributed by atoms with E-state index in [4.69, 9.17) is 5.73 Å². The van der Waals surface area contributed by atoms with Crippen molar-refractivity contribution in [2.24, 2.45) is 0 Å². The summed E-state index contributed by atoms with van der Waals surface area (Å²) in [5, 5.41) is 9.97. The molecule has 1 aromatic heterocycles. The van der Waals surface area contributed by atoms with Gasteiger partial charge in [0.25, 0.3) is 5.91 Å². The average molecular weight is 235 g/mol. The highest BCUT2D eigenvalue weighted by Crippen LogP contribution is 2.22. The third-order valence-electron chi connectivity index (χ3n) is 3.03. The van der Waals surface area contributed by atoms with Crippen LogP contribution in [0.5, 0.6) is 0 Å². The lowest BCUT2D eigenvalue weighted by molar-refractivity contribution is -0.0107. The lowest BCUT2D eigenvalue weighted by Crippen LogP contribution is -2.48. The van der Waals surface area contributed by atoms with Gasteiger partial charge >= 0.3 is 0 Å². The van der Waals surface area contributed by atoms with Crippen LogP contribution in [0.25, 0.3) is 0 Å². The zero-order chi connectivity index (χ0) is 12.5. The number of nitrogen functional groups attached to an aromatic ring is 1. The van der Waals surface area contributed by atoms with Crippen LogP contribution in [0.2, 0.25) is 0 Å². The molecule has 0 aliphatic carbocycles. The van der Waals surface area contributed by atoms with E-state index in [0.717, 1.165) is 12.8 Å². The molecule has 0 radical (unpaired) electrons. The molecular weight excluding hydrogens is 218 g/mol. The largest absolute Gasteiger partial charge is 0.388 e. The molecule has 2 heterocycles. The molecule has 0 spiro atoms. The van der Waals surface area contributed by atoms with Crippen LogP contribution in [0.1, 0.15) is 30.1 Å². The Morgan fingerprint density at radius 3 is 3.06 bits per heavy atom. The van der Waals surface area contributed by atoms with Gasteiger partial charge < -0.3 is 15.7 Å². The first-order valence-electron chi connectivity index (χ1n) is 5.72. The fourth-order valence-electron chi connectivity index (χ4n) is 2.16. The van der Waals surface area contributed by atoms with Gasteiger partial charge in [-0.25, -0.2) is 4.98 Å². The molecule has 5 nitrogen and oxygen atoms in total. The van der Waals surface area contributed by atoms with Crippen molar-refractivity contribution >= 4 is 11.7 Å². The second-order valence-corrected chi connectivity index (χ2v) is 4.76. The standard InChI is InChI=1S/C12H17N3O2/c1-12(17)5-3-7-15(8-12)11(16)9-4-2-6-14-10(9)13/h2,4,6,17H,3,5,7-8H2,1H3,(H2,13,14). The minimum absolute atomic E-state index is 0.157. The highest BCUT2D eigenvalue weighted by molar-refractivity contribution is 5.98. The second-order valence-electron chi connectivity index (χ2n) is 4.76. The molecule has 1 aliphatic heterocycles. The van der Waals surface area contributed by atoms with Gasteiger partial charge in [-0.05, 0) is 31.9 Å². The van der Waals surface area contributed by atoms with Crippen molar-refractivity contribution in [3.8, 4) is 0 Å². The molecule has 1 unspecified atom stereocenters. The molecule has 2 rings (SSSR count). The fraction of sp³-hybridized carbons (Fsp3) is 0.500. The smallest absolute Gasteiger partial charge is 0.257 e. The van der Waals surface area contributed by atoms with Crippen LogP contribution in [0.4, 0.5) is 5.82 Å². The van der Waals surface area contributed by atoms with E-state index in [1.165, 1.54) is 0 Å². The predicted octanol–water partition coefficient (Wildman–Crippen LogP) is 0.651. The average Bonchev–Trinajstić information content (AvgIpc) is 2.27. The Balaban J connectivity index is 2.18. The molecule has 0 saturated carbocycles. The predicted molar refractivity (Wildman–Crippen MR) is 64.4 cm³/mol.